The quantitative estimate of drug-likeness (QED) is 0.557. The second kappa shape index (κ2) is 7.33. The third kappa shape index (κ3) is 3.04. The molecule has 1 fully saturated rings. The minimum Gasteiger partial charge on any atom is -0.383 e. The average molecular weight is 397 g/mol. The molecule has 0 unspecified atom stereocenters. The van der Waals surface area contributed by atoms with Crippen LogP contribution in [0.15, 0.2) is 55.0 Å². The molecule has 5 heterocycles. The Balaban J connectivity index is 1.47. The highest BCUT2D eigenvalue weighted by atomic mass is 15.6. The van der Waals surface area contributed by atoms with E-state index in [-0.39, 0.29) is 0 Å². The molecule has 9 heteroatoms. The molecule has 0 saturated carbocycles. The van der Waals surface area contributed by atoms with Crippen LogP contribution < -0.4 is 15.6 Å². The van der Waals surface area contributed by atoms with Gasteiger partial charge in [-0.1, -0.05) is 0 Å². The van der Waals surface area contributed by atoms with Gasteiger partial charge in [-0.2, -0.15) is 5.26 Å². The van der Waals surface area contributed by atoms with Crippen LogP contribution in [-0.2, 0) is 0 Å². The lowest BCUT2D eigenvalue weighted by Crippen LogP contribution is -2.51. The van der Waals surface area contributed by atoms with E-state index in [0.29, 0.717) is 11.5 Å². The first-order chi connectivity index (χ1) is 14.7. The maximum Gasteiger partial charge on any atom is 0.179 e. The van der Waals surface area contributed by atoms with E-state index in [9.17, 15) is 0 Å². The second-order valence-electron chi connectivity index (χ2n) is 6.98. The Kier molecular flexibility index (Phi) is 4.37. The fourth-order valence-corrected chi connectivity index (χ4v) is 3.74. The lowest BCUT2D eigenvalue weighted by molar-refractivity contribution is 0.538. The van der Waals surface area contributed by atoms with E-state index in [1.54, 1.807) is 24.7 Å². The third-order valence-corrected chi connectivity index (χ3v) is 5.24. The lowest BCUT2D eigenvalue weighted by atomic mass is 10.2. The van der Waals surface area contributed by atoms with Gasteiger partial charge in [0.25, 0.3) is 0 Å². The number of rotatable bonds is 3. The molecule has 4 aromatic heterocycles. The van der Waals surface area contributed by atoms with Crippen LogP contribution in [0.1, 0.15) is 5.69 Å². The highest BCUT2D eigenvalue weighted by Gasteiger charge is 2.24. The van der Waals surface area contributed by atoms with Gasteiger partial charge in [0.2, 0.25) is 0 Å². The summed E-state index contributed by atoms with van der Waals surface area (Å²) in [6, 6.07) is 13.4. The number of anilines is 2. The molecule has 0 amide bonds. The Morgan fingerprint density at radius 2 is 1.73 bits per heavy atom. The van der Waals surface area contributed by atoms with Gasteiger partial charge < -0.3 is 15.6 Å². The van der Waals surface area contributed by atoms with Gasteiger partial charge in [-0.3, -0.25) is 0 Å². The highest BCUT2D eigenvalue weighted by Crippen LogP contribution is 2.28. The highest BCUT2D eigenvalue weighted by molar-refractivity contribution is 5.80. The summed E-state index contributed by atoms with van der Waals surface area (Å²) in [5.74, 6) is 1.18. The molecule has 148 valence electrons. The zero-order chi connectivity index (χ0) is 20.5. The molecule has 1 aliphatic heterocycles. The molecule has 2 N–H and O–H groups in total. The monoisotopic (exact) mass is 397 g/mol. The van der Waals surface area contributed by atoms with Gasteiger partial charge in [-0.25, -0.2) is 24.6 Å². The predicted octanol–water partition coefficient (Wildman–Crippen LogP) is 1.80. The molecule has 30 heavy (non-hydrogen) atoms. The van der Waals surface area contributed by atoms with Gasteiger partial charge in [-0.05, 0) is 36.4 Å². The van der Waals surface area contributed by atoms with Crippen molar-refractivity contribution in [1.82, 2.24) is 24.6 Å². The number of imidazole rings is 1. The number of nitriles is 1. The van der Waals surface area contributed by atoms with E-state index in [4.69, 9.17) is 16.0 Å². The van der Waals surface area contributed by atoms with Gasteiger partial charge in [0.1, 0.15) is 23.1 Å². The number of aromatic nitrogens is 5. The molecule has 4 aromatic rings. The first-order valence-corrected chi connectivity index (χ1v) is 9.65. The summed E-state index contributed by atoms with van der Waals surface area (Å²) in [7, 11) is 0. The van der Waals surface area contributed by atoms with Crippen LogP contribution in [0.25, 0.3) is 22.6 Å². The van der Waals surface area contributed by atoms with Crippen LogP contribution in [0, 0.1) is 11.3 Å². The Hall–Kier alpha value is -4.19. The molecular weight excluding hydrogens is 378 g/mol. The van der Waals surface area contributed by atoms with E-state index in [2.05, 4.69) is 35.6 Å². The van der Waals surface area contributed by atoms with Crippen LogP contribution in [0.5, 0.6) is 0 Å². The maximum atomic E-state index is 8.94. The summed E-state index contributed by atoms with van der Waals surface area (Å²) in [6.45, 7) is 3.16. The molecule has 1 aliphatic rings. The van der Waals surface area contributed by atoms with E-state index >= 15 is 0 Å². The normalized spacial score (nSPS) is 14.1. The zero-order valence-corrected chi connectivity index (χ0v) is 16.2. The van der Waals surface area contributed by atoms with Crippen LogP contribution in [-0.4, -0.2) is 50.8 Å². The Labute approximate surface area is 173 Å². The Morgan fingerprint density at radius 3 is 2.47 bits per heavy atom. The first-order valence-electron chi connectivity index (χ1n) is 9.65. The molecule has 1 saturated heterocycles. The third-order valence-electron chi connectivity index (χ3n) is 5.24. The molecular formula is C21H19N9. The molecule has 0 atom stereocenters. The van der Waals surface area contributed by atoms with Crippen molar-refractivity contribution in [1.29, 1.82) is 5.26 Å². The van der Waals surface area contributed by atoms with Crippen LogP contribution in [0.4, 0.5) is 11.5 Å². The number of pyridine rings is 3. The average Bonchev–Trinajstić information content (AvgIpc) is 3.19. The topological polar surface area (TPSA) is 113 Å². The Bertz CT molecular complexity index is 1230. The summed E-state index contributed by atoms with van der Waals surface area (Å²) in [5.41, 5.74) is 9.99. The summed E-state index contributed by atoms with van der Waals surface area (Å²) in [4.78, 5) is 20.0. The van der Waals surface area contributed by atoms with Crippen molar-refractivity contribution in [2.75, 3.05) is 41.8 Å². The minimum absolute atomic E-state index is 0.423. The van der Waals surface area contributed by atoms with Gasteiger partial charge in [0, 0.05) is 25.5 Å². The first kappa shape index (κ1) is 17.9. The molecule has 0 aliphatic carbocycles. The largest absolute Gasteiger partial charge is 0.383 e. The van der Waals surface area contributed by atoms with Crippen molar-refractivity contribution in [3.8, 4) is 17.5 Å². The lowest BCUT2D eigenvalue weighted by Gasteiger charge is -2.38. The standard InChI is InChI=1S/C21H19N9/c22-13-15-5-6-16(14-26-15)28-9-11-29(12-10-28)30-20(17-3-1-7-24-19(17)23)27-18-4-2-8-25-21(18)30/h1-8,14H,9-12H2,(H2,23,24). The minimum atomic E-state index is 0.423. The number of fused-ring (bicyclic) bond motifs is 1. The van der Waals surface area contributed by atoms with Gasteiger partial charge in [0.05, 0.1) is 30.5 Å². The fourth-order valence-electron chi connectivity index (χ4n) is 3.74. The van der Waals surface area contributed by atoms with Crippen molar-refractivity contribution in [2.45, 2.75) is 0 Å². The molecule has 0 bridgehead atoms. The Morgan fingerprint density at radius 1 is 0.933 bits per heavy atom. The van der Waals surface area contributed by atoms with Gasteiger partial charge in [-0.15, -0.1) is 0 Å². The van der Waals surface area contributed by atoms with E-state index in [1.807, 2.05) is 30.3 Å². The van der Waals surface area contributed by atoms with E-state index < -0.39 is 0 Å². The number of nitrogens with zero attached hydrogens (tertiary/aromatic N) is 8. The van der Waals surface area contributed by atoms with Crippen molar-refractivity contribution >= 4 is 22.7 Å². The molecule has 0 spiro atoms. The maximum absolute atomic E-state index is 8.94. The van der Waals surface area contributed by atoms with Gasteiger partial charge >= 0.3 is 0 Å². The number of nitrogen functional groups attached to an aromatic ring is 1. The van der Waals surface area contributed by atoms with Crippen molar-refractivity contribution in [3.63, 3.8) is 0 Å². The number of nitrogens with two attached hydrogens (primary N) is 1. The summed E-state index contributed by atoms with van der Waals surface area (Å²) >= 11 is 0. The molecule has 5 rings (SSSR count). The van der Waals surface area contributed by atoms with E-state index in [1.165, 1.54) is 0 Å². The number of piperazine rings is 1. The van der Waals surface area contributed by atoms with Gasteiger partial charge in [0.15, 0.2) is 11.5 Å². The van der Waals surface area contributed by atoms with Crippen LogP contribution >= 0.6 is 0 Å². The molecule has 0 radical (unpaired) electrons. The second-order valence-corrected chi connectivity index (χ2v) is 6.98. The van der Waals surface area contributed by atoms with Crippen molar-refractivity contribution < 1.29 is 0 Å². The summed E-state index contributed by atoms with van der Waals surface area (Å²) in [5, 5.41) is 11.2. The van der Waals surface area contributed by atoms with Crippen LogP contribution in [0.3, 0.4) is 0 Å². The van der Waals surface area contributed by atoms with Crippen LogP contribution in [0.2, 0.25) is 0 Å². The number of hydrogen-bond acceptors (Lipinski definition) is 8. The van der Waals surface area contributed by atoms with E-state index in [0.717, 1.165) is 54.4 Å². The number of hydrogen-bond donors (Lipinski definition) is 1. The van der Waals surface area contributed by atoms with Crippen molar-refractivity contribution in [2.24, 2.45) is 0 Å². The van der Waals surface area contributed by atoms with Crippen molar-refractivity contribution in [3.05, 3.63) is 60.7 Å². The summed E-state index contributed by atoms with van der Waals surface area (Å²) < 4.78 is 2.05. The predicted molar refractivity (Wildman–Crippen MR) is 114 cm³/mol. The fraction of sp³-hybridized carbons (Fsp3) is 0.190. The zero-order valence-electron chi connectivity index (χ0n) is 16.2. The smallest absolute Gasteiger partial charge is 0.179 e. The SMILES string of the molecule is N#Cc1ccc(N2CCN(n3c(-c4cccnc4N)nc4cccnc43)CC2)cn1. The summed E-state index contributed by atoms with van der Waals surface area (Å²) in [6.07, 6.45) is 5.20. The molecule has 0 aromatic carbocycles. The molecule has 9 nitrogen and oxygen atoms in total.